The fourth-order valence-electron chi connectivity index (χ4n) is 2.36. The van der Waals surface area contributed by atoms with Crippen LogP contribution in [0.4, 0.5) is 13.2 Å². The lowest BCUT2D eigenvalue weighted by Crippen LogP contribution is -2.39. The van der Waals surface area contributed by atoms with E-state index in [1.807, 2.05) is 0 Å². The van der Waals surface area contributed by atoms with Gasteiger partial charge in [0.2, 0.25) is 6.04 Å². The fraction of sp³-hybridized carbons (Fsp3) is 0.417. The van der Waals surface area contributed by atoms with Crippen LogP contribution in [-0.2, 0) is 4.79 Å². The van der Waals surface area contributed by atoms with Crippen molar-refractivity contribution in [2.45, 2.75) is 29.6 Å². The van der Waals surface area contributed by atoms with Crippen molar-refractivity contribution in [3.8, 4) is 0 Å². The minimum absolute atomic E-state index is 0.116. The predicted octanol–water partition coefficient (Wildman–Crippen LogP) is 2.96. The summed E-state index contributed by atoms with van der Waals surface area (Å²) in [6, 6.07) is -0.295. The number of Topliss-reactive ketones (excluding diaryl/α,β-unsaturated/α-hetero) is 1. The van der Waals surface area contributed by atoms with Crippen LogP contribution < -0.4 is 0 Å². The average Bonchev–Trinajstić information content (AvgIpc) is 2.36. The number of carbonyl (C=O) groups excluding carboxylic acids is 1. The van der Waals surface area contributed by atoms with E-state index in [-0.39, 0.29) is 24.2 Å². The molecule has 1 aliphatic carbocycles. The van der Waals surface area contributed by atoms with Gasteiger partial charge in [0.25, 0.3) is 0 Å². The number of carbonyl (C=O) groups is 1. The first-order valence-electron chi connectivity index (χ1n) is 5.76. The Morgan fingerprint density at radius 2 is 1.80 bits per heavy atom. The first-order chi connectivity index (χ1) is 9.31. The number of benzene rings is 1. The molecule has 1 saturated carbocycles. The molecule has 108 valence electrons. The zero-order valence-corrected chi connectivity index (χ0v) is 11.6. The second-order valence-electron chi connectivity index (χ2n) is 4.62. The van der Waals surface area contributed by atoms with Crippen LogP contribution in [-0.4, -0.2) is 21.6 Å². The standard InChI is InChI=1S/C12H9BrF3NO3/c13-7-3-11(17(19)20)6(2-12(7)18)5-1-9(15)10(16)4-8(5)14/h1,4,6-7,11H,2-3H2/t6-,7-,11+/m1/s1. The van der Waals surface area contributed by atoms with Gasteiger partial charge in [-0.1, -0.05) is 15.9 Å². The lowest BCUT2D eigenvalue weighted by Gasteiger charge is -2.28. The highest BCUT2D eigenvalue weighted by Gasteiger charge is 2.44. The molecule has 20 heavy (non-hydrogen) atoms. The summed E-state index contributed by atoms with van der Waals surface area (Å²) in [6.07, 6.45) is -0.404. The summed E-state index contributed by atoms with van der Waals surface area (Å²) in [6.45, 7) is 0. The summed E-state index contributed by atoms with van der Waals surface area (Å²) in [5, 5.41) is 11.0. The highest BCUT2D eigenvalue weighted by Crippen LogP contribution is 2.37. The van der Waals surface area contributed by atoms with Crippen LogP contribution in [0, 0.1) is 27.6 Å². The van der Waals surface area contributed by atoms with E-state index in [4.69, 9.17) is 0 Å². The molecule has 2 rings (SSSR count). The van der Waals surface area contributed by atoms with E-state index >= 15 is 0 Å². The SMILES string of the molecule is O=C1C[C@H](c2cc(F)c(F)cc2F)[C@@H]([N+](=O)[O-])C[C@H]1Br. The molecule has 1 aromatic rings. The van der Waals surface area contributed by atoms with Crippen LogP contribution in [0.5, 0.6) is 0 Å². The van der Waals surface area contributed by atoms with Crippen molar-refractivity contribution in [3.63, 3.8) is 0 Å². The topological polar surface area (TPSA) is 60.2 Å². The van der Waals surface area contributed by atoms with Gasteiger partial charge in [0, 0.05) is 29.4 Å². The number of hydrogen-bond acceptors (Lipinski definition) is 3. The Balaban J connectivity index is 2.45. The number of rotatable bonds is 2. The molecule has 0 saturated heterocycles. The Kier molecular flexibility index (Phi) is 4.12. The van der Waals surface area contributed by atoms with Gasteiger partial charge in [-0.2, -0.15) is 0 Å². The number of nitrogens with zero attached hydrogens (tertiary/aromatic N) is 1. The molecule has 0 aliphatic heterocycles. The quantitative estimate of drug-likeness (QED) is 0.356. The van der Waals surface area contributed by atoms with Crippen molar-refractivity contribution >= 4 is 21.7 Å². The second-order valence-corrected chi connectivity index (χ2v) is 5.73. The lowest BCUT2D eigenvalue weighted by molar-refractivity contribution is -0.528. The second kappa shape index (κ2) is 5.51. The third-order valence-electron chi connectivity index (χ3n) is 3.39. The van der Waals surface area contributed by atoms with Crippen LogP contribution in [0.3, 0.4) is 0 Å². The Hall–Kier alpha value is -1.44. The van der Waals surface area contributed by atoms with Gasteiger partial charge in [0.15, 0.2) is 11.6 Å². The smallest absolute Gasteiger partial charge is 0.221 e. The number of halogens is 4. The van der Waals surface area contributed by atoms with Crippen molar-refractivity contribution in [1.29, 1.82) is 0 Å². The molecule has 4 nitrogen and oxygen atoms in total. The summed E-state index contributed by atoms with van der Waals surface area (Å²) in [4.78, 5) is 21.4. The van der Waals surface area contributed by atoms with Crippen molar-refractivity contribution in [3.05, 3.63) is 45.3 Å². The van der Waals surface area contributed by atoms with E-state index in [0.717, 1.165) is 0 Å². The molecule has 1 aliphatic rings. The minimum Gasteiger partial charge on any atom is -0.298 e. The van der Waals surface area contributed by atoms with E-state index < -0.39 is 39.2 Å². The van der Waals surface area contributed by atoms with Gasteiger partial charge in [-0.3, -0.25) is 14.9 Å². The molecule has 0 heterocycles. The van der Waals surface area contributed by atoms with Crippen LogP contribution in [0.15, 0.2) is 12.1 Å². The highest BCUT2D eigenvalue weighted by molar-refractivity contribution is 9.10. The lowest BCUT2D eigenvalue weighted by atomic mass is 9.79. The molecule has 8 heteroatoms. The Labute approximate surface area is 120 Å². The first kappa shape index (κ1) is 15.0. The minimum atomic E-state index is -1.37. The van der Waals surface area contributed by atoms with Crippen LogP contribution >= 0.6 is 15.9 Å². The van der Waals surface area contributed by atoms with Crippen LogP contribution in [0.2, 0.25) is 0 Å². The molecule has 0 N–H and O–H groups in total. The maximum Gasteiger partial charge on any atom is 0.221 e. The molecule has 0 aromatic heterocycles. The van der Waals surface area contributed by atoms with E-state index in [2.05, 4.69) is 15.9 Å². The Morgan fingerprint density at radius 3 is 2.40 bits per heavy atom. The summed E-state index contributed by atoms with van der Waals surface area (Å²) in [5.41, 5.74) is -0.335. The maximum atomic E-state index is 13.7. The molecular weight excluding hydrogens is 343 g/mol. The first-order valence-corrected chi connectivity index (χ1v) is 6.67. The van der Waals surface area contributed by atoms with Gasteiger partial charge in [0.05, 0.1) is 10.7 Å². The molecule has 0 spiro atoms. The molecule has 0 unspecified atom stereocenters. The summed E-state index contributed by atoms with van der Waals surface area (Å²) in [5.74, 6) is -5.17. The molecule has 0 amide bonds. The van der Waals surface area contributed by atoms with E-state index in [1.165, 1.54) is 0 Å². The number of alkyl halides is 1. The van der Waals surface area contributed by atoms with Crippen molar-refractivity contribution < 1.29 is 22.9 Å². The molecule has 0 bridgehead atoms. The van der Waals surface area contributed by atoms with Gasteiger partial charge in [-0.15, -0.1) is 0 Å². The summed E-state index contributed by atoms with van der Waals surface area (Å²) in [7, 11) is 0. The monoisotopic (exact) mass is 351 g/mol. The number of nitro groups is 1. The zero-order chi connectivity index (χ0) is 15.0. The van der Waals surface area contributed by atoms with E-state index in [0.29, 0.717) is 12.1 Å². The van der Waals surface area contributed by atoms with E-state index in [9.17, 15) is 28.1 Å². The highest BCUT2D eigenvalue weighted by atomic mass is 79.9. The summed E-state index contributed by atoms with van der Waals surface area (Å²) >= 11 is 3.03. The third kappa shape index (κ3) is 2.70. The van der Waals surface area contributed by atoms with Crippen molar-refractivity contribution in [2.24, 2.45) is 0 Å². The molecule has 3 atom stereocenters. The summed E-state index contributed by atoms with van der Waals surface area (Å²) < 4.78 is 39.8. The zero-order valence-electron chi connectivity index (χ0n) is 9.98. The Morgan fingerprint density at radius 1 is 1.20 bits per heavy atom. The van der Waals surface area contributed by atoms with Crippen molar-refractivity contribution in [2.75, 3.05) is 0 Å². The largest absolute Gasteiger partial charge is 0.298 e. The third-order valence-corrected chi connectivity index (χ3v) is 4.28. The number of hydrogen-bond donors (Lipinski definition) is 0. The Bertz CT molecular complexity index is 581. The average molecular weight is 352 g/mol. The predicted molar refractivity (Wildman–Crippen MR) is 66.8 cm³/mol. The van der Waals surface area contributed by atoms with Crippen molar-refractivity contribution in [1.82, 2.24) is 0 Å². The normalized spacial score (nSPS) is 26.6. The van der Waals surface area contributed by atoms with E-state index in [1.54, 1.807) is 0 Å². The number of ketones is 1. The molecular formula is C12H9BrF3NO3. The van der Waals surface area contributed by atoms with Crippen LogP contribution in [0.25, 0.3) is 0 Å². The van der Waals surface area contributed by atoms with Gasteiger partial charge in [0.1, 0.15) is 11.6 Å². The van der Waals surface area contributed by atoms with Gasteiger partial charge < -0.3 is 0 Å². The molecule has 1 fully saturated rings. The van der Waals surface area contributed by atoms with Gasteiger partial charge in [-0.05, 0) is 6.07 Å². The molecule has 1 aromatic carbocycles. The molecule has 0 radical (unpaired) electrons. The maximum absolute atomic E-state index is 13.7. The van der Waals surface area contributed by atoms with Crippen LogP contribution in [0.1, 0.15) is 24.3 Å². The fourth-order valence-corrected chi connectivity index (χ4v) is 2.93. The van der Waals surface area contributed by atoms with Gasteiger partial charge >= 0.3 is 0 Å². The van der Waals surface area contributed by atoms with Gasteiger partial charge in [-0.25, -0.2) is 13.2 Å².